The summed E-state index contributed by atoms with van der Waals surface area (Å²) in [6, 6.07) is 9.60. The second-order valence-electron chi connectivity index (χ2n) is 4.12. The number of aliphatic hydroxyl groups is 1. The zero-order valence-corrected chi connectivity index (χ0v) is 8.20. The lowest BCUT2D eigenvalue weighted by molar-refractivity contribution is 0.142. The molecule has 1 aromatic carbocycles. The SMILES string of the molecule is CC(C)(N)CC(O)c1ccccc1. The van der Waals surface area contributed by atoms with Gasteiger partial charge in [-0.2, -0.15) is 0 Å². The van der Waals surface area contributed by atoms with Crippen molar-refractivity contribution in [2.75, 3.05) is 0 Å². The summed E-state index contributed by atoms with van der Waals surface area (Å²) in [7, 11) is 0. The van der Waals surface area contributed by atoms with Crippen LogP contribution in [0.2, 0.25) is 0 Å². The molecule has 0 saturated heterocycles. The van der Waals surface area contributed by atoms with Gasteiger partial charge < -0.3 is 10.8 Å². The quantitative estimate of drug-likeness (QED) is 0.743. The van der Waals surface area contributed by atoms with E-state index in [1.54, 1.807) is 0 Å². The van der Waals surface area contributed by atoms with Gasteiger partial charge in [0.25, 0.3) is 0 Å². The van der Waals surface area contributed by atoms with Gasteiger partial charge in [-0.15, -0.1) is 0 Å². The van der Waals surface area contributed by atoms with E-state index >= 15 is 0 Å². The third kappa shape index (κ3) is 3.57. The second-order valence-corrected chi connectivity index (χ2v) is 4.12. The van der Waals surface area contributed by atoms with Crippen molar-refractivity contribution in [1.82, 2.24) is 0 Å². The van der Waals surface area contributed by atoms with E-state index < -0.39 is 6.10 Å². The fourth-order valence-corrected chi connectivity index (χ4v) is 1.29. The predicted octanol–water partition coefficient (Wildman–Crippen LogP) is 1.85. The average molecular weight is 179 g/mol. The Hall–Kier alpha value is -0.860. The van der Waals surface area contributed by atoms with Crippen LogP contribution < -0.4 is 5.73 Å². The third-order valence-electron chi connectivity index (χ3n) is 1.90. The Balaban J connectivity index is 2.64. The summed E-state index contributed by atoms with van der Waals surface area (Å²) in [6.07, 6.45) is 0.123. The monoisotopic (exact) mass is 179 g/mol. The van der Waals surface area contributed by atoms with Gasteiger partial charge in [-0.05, 0) is 25.8 Å². The van der Waals surface area contributed by atoms with E-state index in [0.29, 0.717) is 6.42 Å². The molecule has 0 bridgehead atoms. The molecule has 2 heteroatoms. The molecule has 0 radical (unpaired) electrons. The van der Waals surface area contributed by atoms with Crippen molar-refractivity contribution in [2.24, 2.45) is 5.73 Å². The molecule has 0 aromatic heterocycles. The van der Waals surface area contributed by atoms with E-state index in [-0.39, 0.29) is 5.54 Å². The summed E-state index contributed by atoms with van der Waals surface area (Å²) in [6.45, 7) is 3.83. The van der Waals surface area contributed by atoms with Crippen molar-refractivity contribution in [3.63, 3.8) is 0 Å². The van der Waals surface area contributed by atoms with E-state index in [9.17, 15) is 5.11 Å². The fourth-order valence-electron chi connectivity index (χ4n) is 1.29. The maximum absolute atomic E-state index is 9.78. The molecular weight excluding hydrogens is 162 g/mol. The second kappa shape index (κ2) is 3.90. The van der Waals surface area contributed by atoms with Crippen molar-refractivity contribution < 1.29 is 5.11 Å². The summed E-state index contributed by atoms with van der Waals surface area (Å²) in [5, 5.41) is 9.78. The lowest BCUT2D eigenvalue weighted by atomic mass is 9.94. The minimum atomic E-state index is -0.457. The Morgan fingerprint density at radius 3 is 2.31 bits per heavy atom. The van der Waals surface area contributed by atoms with Gasteiger partial charge >= 0.3 is 0 Å². The summed E-state index contributed by atoms with van der Waals surface area (Å²) >= 11 is 0. The van der Waals surface area contributed by atoms with Gasteiger partial charge in [-0.25, -0.2) is 0 Å². The number of aliphatic hydroxyl groups excluding tert-OH is 1. The van der Waals surface area contributed by atoms with Crippen molar-refractivity contribution in [2.45, 2.75) is 31.9 Å². The molecule has 0 fully saturated rings. The van der Waals surface area contributed by atoms with Crippen LogP contribution in [0.4, 0.5) is 0 Å². The Morgan fingerprint density at radius 1 is 1.31 bits per heavy atom. The molecular formula is C11H17NO. The van der Waals surface area contributed by atoms with Crippen LogP contribution in [0, 0.1) is 0 Å². The van der Waals surface area contributed by atoms with Crippen LogP contribution >= 0.6 is 0 Å². The van der Waals surface area contributed by atoms with Crippen LogP contribution in [-0.4, -0.2) is 10.6 Å². The molecule has 0 aliphatic carbocycles. The molecule has 2 nitrogen and oxygen atoms in total. The highest BCUT2D eigenvalue weighted by atomic mass is 16.3. The summed E-state index contributed by atoms with van der Waals surface area (Å²) in [5.74, 6) is 0. The van der Waals surface area contributed by atoms with Crippen LogP contribution in [0.1, 0.15) is 31.9 Å². The third-order valence-corrected chi connectivity index (χ3v) is 1.90. The molecule has 1 rings (SSSR count). The van der Waals surface area contributed by atoms with Gasteiger partial charge in [0.1, 0.15) is 0 Å². The molecule has 0 aliphatic rings. The molecule has 0 saturated carbocycles. The van der Waals surface area contributed by atoms with E-state index in [1.165, 1.54) is 0 Å². The molecule has 1 unspecified atom stereocenters. The lowest BCUT2D eigenvalue weighted by Crippen LogP contribution is -2.33. The predicted molar refractivity (Wildman–Crippen MR) is 54.3 cm³/mol. The molecule has 1 atom stereocenters. The highest BCUT2D eigenvalue weighted by Crippen LogP contribution is 2.21. The first-order valence-corrected chi connectivity index (χ1v) is 4.51. The number of rotatable bonds is 3. The largest absolute Gasteiger partial charge is 0.388 e. The van der Waals surface area contributed by atoms with Gasteiger partial charge in [0.05, 0.1) is 6.10 Å². The number of nitrogens with two attached hydrogens (primary N) is 1. The Labute approximate surface area is 79.4 Å². The van der Waals surface area contributed by atoms with Gasteiger partial charge in [0.2, 0.25) is 0 Å². The summed E-state index contributed by atoms with van der Waals surface area (Å²) in [5.41, 5.74) is 6.42. The zero-order valence-electron chi connectivity index (χ0n) is 8.20. The standard InChI is InChI=1S/C11H17NO/c1-11(2,12)8-10(13)9-6-4-3-5-7-9/h3-7,10,13H,8,12H2,1-2H3. The van der Waals surface area contributed by atoms with Crippen molar-refractivity contribution in [3.05, 3.63) is 35.9 Å². The van der Waals surface area contributed by atoms with Crippen LogP contribution in [0.5, 0.6) is 0 Å². The molecule has 13 heavy (non-hydrogen) atoms. The molecule has 0 spiro atoms. The van der Waals surface area contributed by atoms with Gasteiger partial charge in [-0.1, -0.05) is 30.3 Å². The van der Waals surface area contributed by atoms with E-state index in [2.05, 4.69) is 0 Å². The number of hydrogen-bond acceptors (Lipinski definition) is 2. The van der Waals surface area contributed by atoms with Gasteiger partial charge in [0, 0.05) is 5.54 Å². The minimum Gasteiger partial charge on any atom is -0.388 e. The topological polar surface area (TPSA) is 46.2 Å². The van der Waals surface area contributed by atoms with Crippen LogP contribution in [0.3, 0.4) is 0 Å². The maximum atomic E-state index is 9.78. The normalized spacial score (nSPS) is 14.2. The van der Waals surface area contributed by atoms with Gasteiger partial charge in [0.15, 0.2) is 0 Å². The first-order valence-electron chi connectivity index (χ1n) is 4.51. The molecule has 0 aliphatic heterocycles. The first kappa shape index (κ1) is 10.2. The van der Waals surface area contributed by atoms with Crippen molar-refractivity contribution >= 4 is 0 Å². The Kier molecular flexibility index (Phi) is 3.07. The Morgan fingerprint density at radius 2 is 1.85 bits per heavy atom. The zero-order chi connectivity index (χ0) is 9.90. The molecule has 72 valence electrons. The van der Waals surface area contributed by atoms with Crippen molar-refractivity contribution in [1.29, 1.82) is 0 Å². The number of hydrogen-bond donors (Lipinski definition) is 2. The van der Waals surface area contributed by atoms with Gasteiger partial charge in [-0.3, -0.25) is 0 Å². The first-order chi connectivity index (χ1) is 5.99. The lowest BCUT2D eigenvalue weighted by Gasteiger charge is -2.22. The van der Waals surface area contributed by atoms with Crippen molar-refractivity contribution in [3.8, 4) is 0 Å². The average Bonchev–Trinajstić information content (AvgIpc) is 2.03. The fraction of sp³-hybridized carbons (Fsp3) is 0.455. The van der Waals surface area contributed by atoms with E-state index in [0.717, 1.165) is 5.56 Å². The molecule has 1 aromatic rings. The number of benzene rings is 1. The molecule has 3 N–H and O–H groups in total. The maximum Gasteiger partial charge on any atom is 0.0807 e. The van der Waals surface area contributed by atoms with E-state index in [4.69, 9.17) is 5.73 Å². The minimum absolute atomic E-state index is 0.324. The highest BCUT2D eigenvalue weighted by molar-refractivity contribution is 5.17. The van der Waals surface area contributed by atoms with Crippen LogP contribution in [0.25, 0.3) is 0 Å². The Bertz CT molecular complexity index is 251. The smallest absolute Gasteiger partial charge is 0.0807 e. The van der Waals surface area contributed by atoms with Crippen LogP contribution in [0.15, 0.2) is 30.3 Å². The molecule has 0 amide bonds. The highest BCUT2D eigenvalue weighted by Gasteiger charge is 2.17. The van der Waals surface area contributed by atoms with E-state index in [1.807, 2.05) is 44.2 Å². The summed E-state index contributed by atoms with van der Waals surface area (Å²) < 4.78 is 0. The summed E-state index contributed by atoms with van der Waals surface area (Å²) in [4.78, 5) is 0. The molecule has 0 heterocycles. The van der Waals surface area contributed by atoms with Crippen LogP contribution in [-0.2, 0) is 0 Å².